The van der Waals surface area contributed by atoms with E-state index >= 15 is 0 Å². The maximum atomic E-state index is 12.4. The quantitative estimate of drug-likeness (QED) is 0.799. The van der Waals surface area contributed by atoms with Crippen molar-refractivity contribution in [2.24, 2.45) is 4.99 Å². The predicted octanol–water partition coefficient (Wildman–Crippen LogP) is 2.25. The van der Waals surface area contributed by atoms with Gasteiger partial charge < -0.3 is 14.8 Å². The normalized spacial score (nSPS) is 17.8. The maximum Gasteiger partial charge on any atom is 0.329 e. The Kier molecular flexibility index (Phi) is 4.80. The number of thioether (sulfide) groups is 1. The number of nitrogens with zero attached hydrogens (tertiary/aromatic N) is 2. The molecular weight excluding hydrogens is 342 g/mol. The lowest BCUT2D eigenvalue weighted by molar-refractivity contribution is -0.132. The summed E-state index contributed by atoms with van der Waals surface area (Å²) < 4.78 is 5.26. The van der Waals surface area contributed by atoms with Crippen molar-refractivity contribution in [1.82, 2.24) is 9.88 Å². The van der Waals surface area contributed by atoms with Crippen molar-refractivity contribution in [3.8, 4) is 5.75 Å². The van der Waals surface area contributed by atoms with Crippen LogP contribution >= 0.6 is 11.8 Å². The van der Waals surface area contributed by atoms with Crippen LogP contribution < -0.4 is 4.74 Å². The molecule has 0 aliphatic carbocycles. The van der Waals surface area contributed by atoms with Gasteiger partial charge >= 0.3 is 5.97 Å². The molecule has 0 spiro atoms. The molecule has 1 aliphatic rings. The number of carboxylic acids is 1. The van der Waals surface area contributed by atoms with Crippen LogP contribution in [0.5, 0.6) is 5.75 Å². The highest BCUT2D eigenvalue weighted by atomic mass is 32.2. The summed E-state index contributed by atoms with van der Waals surface area (Å²) in [4.78, 5) is 32.2. The number of rotatable bonds is 5. The van der Waals surface area contributed by atoms with Gasteiger partial charge in [-0.1, -0.05) is 0 Å². The number of carbonyl (C=O) groups excluding carboxylic acids is 1. The Labute approximate surface area is 148 Å². The molecule has 0 unspecified atom stereocenters. The van der Waals surface area contributed by atoms with Gasteiger partial charge in [-0.05, 0) is 41.9 Å². The zero-order chi connectivity index (χ0) is 18.0. The highest BCUT2D eigenvalue weighted by Gasteiger charge is 2.33. The van der Waals surface area contributed by atoms with E-state index in [0.717, 1.165) is 40.1 Å². The molecule has 1 aliphatic heterocycles. The largest absolute Gasteiger partial charge is 0.497 e. The molecule has 0 radical (unpaired) electrons. The van der Waals surface area contributed by atoms with Crippen LogP contribution in [-0.4, -0.2) is 52.7 Å². The highest BCUT2D eigenvalue weighted by Crippen LogP contribution is 2.31. The fourth-order valence-corrected chi connectivity index (χ4v) is 3.64. The highest BCUT2D eigenvalue weighted by molar-refractivity contribution is 8.18. The van der Waals surface area contributed by atoms with Gasteiger partial charge in [-0.3, -0.25) is 14.7 Å². The lowest BCUT2D eigenvalue weighted by atomic mass is 10.1. The number of nitrogens with one attached hydrogen (secondary N) is 1. The van der Waals surface area contributed by atoms with Crippen molar-refractivity contribution in [2.75, 3.05) is 20.7 Å². The number of methoxy groups -OCH3 is 1. The summed E-state index contributed by atoms with van der Waals surface area (Å²) in [5.41, 5.74) is 2.05. The van der Waals surface area contributed by atoms with Crippen LogP contribution in [0, 0.1) is 0 Å². The van der Waals surface area contributed by atoms with Crippen LogP contribution in [0.1, 0.15) is 5.56 Å². The van der Waals surface area contributed by atoms with E-state index in [1.54, 1.807) is 14.2 Å². The molecule has 2 aromatic rings. The van der Waals surface area contributed by atoms with Gasteiger partial charge in [-0.25, -0.2) is 4.79 Å². The van der Waals surface area contributed by atoms with E-state index in [4.69, 9.17) is 9.84 Å². The molecule has 0 atom stereocenters. The minimum Gasteiger partial charge on any atom is -0.497 e. The number of ether oxygens (including phenoxy) is 1. The Hall–Kier alpha value is -2.74. The van der Waals surface area contributed by atoms with Gasteiger partial charge in [0.1, 0.15) is 5.75 Å². The number of H-pyrrole nitrogens is 1. The van der Waals surface area contributed by atoms with Crippen molar-refractivity contribution in [3.63, 3.8) is 0 Å². The first-order valence-electron chi connectivity index (χ1n) is 7.58. The molecule has 0 bridgehead atoms. The second-order valence-electron chi connectivity index (χ2n) is 5.39. The van der Waals surface area contributed by atoms with Crippen molar-refractivity contribution in [2.45, 2.75) is 6.42 Å². The Morgan fingerprint density at radius 3 is 2.96 bits per heavy atom. The van der Waals surface area contributed by atoms with Crippen LogP contribution in [-0.2, 0) is 16.0 Å². The lowest BCUT2D eigenvalue weighted by Crippen LogP contribution is -2.31. The minimum atomic E-state index is -1.14. The summed E-state index contributed by atoms with van der Waals surface area (Å²) in [5.74, 6) is -0.703. The average Bonchev–Trinajstić information content (AvgIpc) is 3.13. The number of aromatic nitrogens is 1. The number of amidine groups is 1. The number of aliphatic imine (C=N–C) groups is 1. The van der Waals surface area contributed by atoms with Gasteiger partial charge in [0.15, 0.2) is 5.17 Å². The van der Waals surface area contributed by atoms with E-state index in [-0.39, 0.29) is 10.8 Å². The summed E-state index contributed by atoms with van der Waals surface area (Å²) >= 11 is 1.08. The minimum absolute atomic E-state index is 0.175. The third kappa shape index (κ3) is 3.39. The smallest absolute Gasteiger partial charge is 0.329 e. The van der Waals surface area contributed by atoms with Crippen LogP contribution in [0.2, 0.25) is 0 Å². The Morgan fingerprint density at radius 1 is 1.48 bits per heavy atom. The summed E-state index contributed by atoms with van der Waals surface area (Å²) in [7, 11) is 3.21. The number of aliphatic carboxylic acids is 1. The fourth-order valence-electron chi connectivity index (χ4n) is 2.71. The first kappa shape index (κ1) is 17.1. The first-order chi connectivity index (χ1) is 12.0. The van der Waals surface area contributed by atoms with Crippen LogP contribution in [0.3, 0.4) is 0 Å². The summed E-state index contributed by atoms with van der Waals surface area (Å²) in [6, 6.07) is 5.78. The predicted molar refractivity (Wildman–Crippen MR) is 96.9 cm³/mol. The lowest BCUT2D eigenvalue weighted by Gasteiger charge is -2.14. The zero-order valence-corrected chi connectivity index (χ0v) is 14.6. The topological polar surface area (TPSA) is 95.0 Å². The number of carbonyl (C=O) groups is 2. The molecule has 2 heterocycles. The van der Waals surface area contributed by atoms with Crippen LogP contribution in [0.4, 0.5) is 0 Å². The van der Waals surface area contributed by atoms with E-state index < -0.39 is 5.97 Å². The number of carboxylic acid groups (broad SMARTS) is 1. The number of fused-ring (bicyclic) bond motifs is 1. The fraction of sp³-hybridized carbons (Fsp3) is 0.235. The summed E-state index contributed by atoms with van der Waals surface area (Å²) in [6.07, 6.45) is 3.45. The monoisotopic (exact) mass is 359 g/mol. The van der Waals surface area contributed by atoms with Crippen LogP contribution in [0.25, 0.3) is 10.9 Å². The zero-order valence-electron chi connectivity index (χ0n) is 13.8. The van der Waals surface area contributed by atoms with Crippen molar-refractivity contribution < 1.29 is 19.4 Å². The van der Waals surface area contributed by atoms with E-state index in [2.05, 4.69) is 9.98 Å². The van der Waals surface area contributed by atoms with Crippen molar-refractivity contribution in [3.05, 3.63) is 40.9 Å². The molecule has 1 aromatic carbocycles. The van der Waals surface area contributed by atoms with Crippen LogP contribution in [0.15, 0.2) is 40.4 Å². The summed E-state index contributed by atoms with van der Waals surface area (Å²) in [5, 5.41) is 10.4. The summed E-state index contributed by atoms with van der Waals surface area (Å²) in [6.45, 7) is 0.416. The molecule has 2 N–H and O–H groups in total. The molecule has 25 heavy (non-hydrogen) atoms. The molecule has 0 saturated carbocycles. The number of hydrogen-bond donors (Lipinski definition) is 2. The Bertz CT molecular complexity index is 900. The molecule has 3 rings (SSSR count). The SMILES string of the molecule is CN=C1S/C(=C/C(=O)O)C(=O)N1CCc1c[nH]c2ccc(OC)cc12. The van der Waals surface area contributed by atoms with Gasteiger partial charge in [0.2, 0.25) is 0 Å². The van der Waals surface area contributed by atoms with E-state index in [1.165, 1.54) is 4.90 Å². The van der Waals surface area contributed by atoms with Gasteiger partial charge in [0.05, 0.1) is 12.0 Å². The second kappa shape index (κ2) is 7.02. The molecular formula is C17H17N3O4S. The second-order valence-corrected chi connectivity index (χ2v) is 6.40. The van der Waals surface area contributed by atoms with Crippen molar-refractivity contribution in [1.29, 1.82) is 0 Å². The van der Waals surface area contributed by atoms with E-state index in [0.29, 0.717) is 18.1 Å². The maximum absolute atomic E-state index is 12.4. The number of hydrogen-bond acceptors (Lipinski definition) is 5. The third-order valence-corrected chi connectivity index (χ3v) is 5.01. The molecule has 1 fully saturated rings. The van der Waals surface area contributed by atoms with Gasteiger partial charge in [0.25, 0.3) is 5.91 Å². The number of amides is 1. The van der Waals surface area contributed by atoms with E-state index in [1.807, 2.05) is 24.4 Å². The average molecular weight is 359 g/mol. The molecule has 1 aromatic heterocycles. The third-order valence-electron chi connectivity index (χ3n) is 3.91. The van der Waals surface area contributed by atoms with Crippen molar-refractivity contribution >= 4 is 39.7 Å². The molecule has 7 nitrogen and oxygen atoms in total. The number of aromatic amines is 1. The molecule has 8 heteroatoms. The van der Waals surface area contributed by atoms with E-state index in [9.17, 15) is 9.59 Å². The number of benzene rings is 1. The molecule has 1 amide bonds. The first-order valence-corrected chi connectivity index (χ1v) is 8.40. The van der Waals surface area contributed by atoms with Gasteiger partial charge in [-0.15, -0.1) is 0 Å². The molecule has 130 valence electrons. The Morgan fingerprint density at radius 2 is 2.28 bits per heavy atom. The van der Waals surface area contributed by atoms with Gasteiger partial charge in [0, 0.05) is 36.8 Å². The van der Waals surface area contributed by atoms with Gasteiger partial charge in [-0.2, -0.15) is 0 Å². The standard InChI is InChI=1S/C17H17N3O4S/c1-18-17-20(16(23)14(25-17)8-15(21)22)6-5-10-9-19-13-4-3-11(24-2)7-12(10)13/h3-4,7-9,19H,5-6H2,1-2H3,(H,21,22)/b14-8+,18-17?. The Balaban J connectivity index is 1.81. The molecule has 1 saturated heterocycles.